The third-order valence-corrected chi connectivity index (χ3v) is 7.07. The first-order chi connectivity index (χ1) is 21.4. The number of benzene rings is 1. The molecule has 0 bridgehead atoms. The molecule has 45 heavy (non-hydrogen) atoms. The highest BCUT2D eigenvalue weighted by Crippen LogP contribution is 2.09. The Morgan fingerprint density at radius 2 is 1.04 bits per heavy atom. The van der Waals surface area contributed by atoms with Crippen LogP contribution in [0, 0.1) is 0 Å². The fourth-order valence-electron chi connectivity index (χ4n) is 4.61. The minimum absolute atomic E-state index is 0.109. The van der Waals surface area contributed by atoms with Crippen LogP contribution in [0.25, 0.3) is 0 Å². The second-order valence-electron chi connectivity index (χ2n) is 10.8. The predicted octanol–water partition coefficient (Wildman–Crippen LogP) is -1.25. The van der Waals surface area contributed by atoms with E-state index in [1.54, 1.807) is 43.9 Å². The number of anilines is 1. The van der Waals surface area contributed by atoms with Gasteiger partial charge in [0.25, 0.3) is 5.91 Å². The third kappa shape index (κ3) is 16.0. The van der Waals surface area contributed by atoms with E-state index in [0.717, 1.165) is 12.8 Å². The highest BCUT2D eigenvalue weighted by Gasteiger charge is 2.21. The molecule has 1 heterocycles. The van der Waals surface area contributed by atoms with Crippen molar-refractivity contribution in [2.75, 3.05) is 96.9 Å². The second-order valence-corrected chi connectivity index (χ2v) is 10.8. The summed E-state index contributed by atoms with van der Waals surface area (Å²) < 4.78 is 0. The summed E-state index contributed by atoms with van der Waals surface area (Å²) in [5.41, 5.74) is 0.922. The number of carboxylic acid groups (broad SMARTS) is 3. The molecule has 0 atom stereocenters. The number of aliphatic carboxylic acids is 3. The van der Waals surface area contributed by atoms with Crippen molar-refractivity contribution in [2.45, 2.75) is 19.8 Å². The number of carbonyl (C=O) groups is 6. The molecule has 1 aliphatic heterocycles. The van der Waals surface area contributed by atoms with Crippen LogP contribution in [0.15, 0.2) is 24.3 Å². The minimum Gasteiger partial charge on any atom is -0.480 e. The van der Waals surface area contributed by atoms with Crippen LogP contribution in [0.2, 0.25) is 0 Å². The van der Waals surface area contributed by atoms with Crippen LogP contribution in [-0.2, 0) is 24.0 Å². The maximum Gasteiger partial charge on any atom is 0.317 e. The lowest BCUT2D eigenvalue weighted by Crippen LogP contribution is -2.50. The van der Waals surface area contributed by atoms with E-state index >= 15 is 0 Å². The van der Waals surface area contributed by atoms with Crippen molar-refractivity contribution in [1.29, 1.82) is 0 Å². The van der Waals surface area contributed by atoms with Gasteiger partial charge in [0.05, 0.1) is 32.7 Å². The number of carbonyl (C=O) groups excluding carboxylic acids is 3. The smallest absolute Gasteiger partial charge is 0.317 e. The average molecular weight is 636 g/mol. The van der Waals surface area contributed by atoms with Gasteiger partial charge in [0, 0.05) is 70.2 Å². The molecular weight excluding hydrogens is 590 g/mol. The van der Waals surface area contributed by atoms with Gasteiger partial charge in [-0.25, -0.2) is 0 Å². The van der Waals surface area contributed by atoms with E-state index in [4.69, 9.17) is 0 Å². The van der Waals surface area contributed by atoms with Gasteiger partial charge < -0.3 is 31.3 Å². The SMILES string of the molecule is CCCCNC(=O)c1ccc(NC(=O)CNC(=O)CN2CCN(CC(=O)O)CCN(CC(=O)O)CCN(CC(=O)O)CC2)cc1. The van der Waals surface area contributed by atoms with Gasteiger partial charge in [-0.05, 0) is 30.7 Å². The molecule has 3 amide bonds. The van der Waals surface area contributed by atoms with Crippen LogP contribution in [0.4, 0.5) is 5.69 Å². The van der Waals surface area contributed by atoms with Gasteiger partial charge >= 0.3 is 17.9 Å². The maximum absolute atomic E-state index is 12.8. The Bertz CT molecular complexity index is 1120. The van der Waals surface area contributed by atoms with E-state index in [1.807, 2.05) is 6.92 Å². The zero-order chi connectivity index (χ0) is 33.2. The molecule has 16 heteroatoms. The highest BCUT2D eigenvalue weighted by molar-refractivity contribution is 5.97. The number of hydrogen-bond acceptors (Lipinski definition) is 10. The molecule has 0 unspecified atom stereocenters. The van der Waals surface area contributed by atoms with Crippen molar-refractivity contribution in [3.05, 3.63) is 29.8 Å². The van der Waals surface area contributed by atoms with Crippen LogP contribution in [0.5, 0.6) is 0 Å². The molecule has 2 rings (SSSR count). The lowest BCUT2D eigenvalue weighted by atomic mass is 10.2. The fraction of sp³-hybridized carbons (Fsp3) is 0.586. The van der Waals surface area contributed by atoms with Gasteiger partial charge in [-0.2, -0.15) is 0 Å². The highest BCUT2D eigenvalue weighted by atomic mass is 16.4. The standard InChI is InChI=1S/C29H45N7O9/c1-2-3-8-30-29(45)22-4-6-23(7-5-22)32-24(37)17-31-25(38)18-33-9-11-34(19-26(39)40)13-15-36(21-28(43)44)16-14-35(12-10-33)20-27(41)42/h4-7H,2-3,8-21H2,1H3,(H,30,45)(H,31,38)(H,32,37)(H,39,40)(H,41,42)(H,43,44). The number of nitrogens with zero attached hydrogens (tertiary/aromatic N) is 4. The number of unbranched alkanes of at least 4 members (excludes halogenated alkanes) is 1. The monoisotopic (exact) mass is 635 g/mol. The van der Waals surface area contributed by atoms with Crippen LogP contribution < -0.4 is 16.0 Å². The Morgan fingerprint density at radius 3 is 1.44 bits per heavy atom. The molecule has 1 saturated heterocycles. The first kappa shape index (κ1) is 37.1. The van der Waals surface area contributed by atoms with Crippen molar-refractivity contribution < 1.29 is 44.1 Å². The average Bonchev–Trinajstić information content (AvgIpc) is 2.97. The zero-order valence-corrected chi connectivity index (χ0v) is 25.7. The van der Waals surface area contributed by atoms with Gasteiger partial charge in [-0.3, -0.25) is 48.4 Å². The number of amides is 3. The minimum atomic E-state index is -1.04. The number of nitrogens with one attached hydrogen (secondary N) is 3. The number of rotatable bonds is 15. The van der Waals surface area contributed by atoms with E-state index in [-0.39, 0.29) is 91.0 Å². The number of hydrogen-bond donors (Lipinski definition) is 6. The van der Waals surface area contributed by atoms with Crippen LogP contribution >= 0.6 is 0 Å². The lowest BCUT2D eigenvalue weighted by Gasteiger charge is -2.32. The molecule has 1 aliphatic rings. The van der Waals surface area contributed by atoms with E-state index in [1.165, 1.54) is 0 Å². The quantitative estimate of drug-likeness (QED) is 0.125. The summed E-state index contributed by atoms with van der Waals surface area (Å²) in [6, 6.07) is 6.38. The number of carboxylic acids is 3. The second kappa shape index (κ2) is 20.0. The molecule has 1 fully saturated rings. The molecule has 0 spiro atoms. The molecular formula is C29H45N7O9. The van der Waals surface area contributed by atoms with E-state index < -0.39 is 29.7 Å². The normalized spacial score (nSPS) is 16.1. The third-order valence-electron chi connectivity index (χ3n) is 7.07. The Balaban J connectivity index is 1.96. The van der Waals surface area contributed by atoms with Gasteiger partial charge in [-0.15, -0.1) is 0 Å². The molecule has 1 aromatic carbocycles. The van der Waals surface area contributed by atoms with Crippen molar-refractivity contribution in [2.24, 2.45) is 0 Å². The first-order valence-electron chi connectivity index (χ1n) is 14.9. The molecule has 0 radical (unpaired) electrons. The van der Waals surface area contributed by atoms with Crippen molar-refractivity contribution in [1.82, 2.24) is 30.2 Å². The largest absolute Gasteiger partial charge is 0.480 e. The Morgan fingerprint density at radius 1 is 0.622 bits per heavy atom. The van der Waals surface area contributed by atoms with E-state index in [0.29, 0.717) is 17.8 Å². The van der Waals surface area contributed by atoms with Crippen LogP contribution in [-0.4, -0.2) is 162 Å². The lowest BCUT2D eigenvalue weighted by molar-refractivity contribution is -0.140. The maximum atomic E-state index is 12.8. The summed E-state index contributed by atoms with van der Waals surface area (Å²) >= 11 is 0. The Kier molecular flexibility index (Phi) is 16.5. The summed E-state index contributed by atoms with van der Waals surface area (Å²) in [5, 5.41) is 36.0. The van der Waals surface area contributed by atoms with Crippen molar-refractivity contribution in [3.8, 4) is 0 Å². The Hall–Kier alpha value is -4.12. The molecule has 6 N–H and O–H groups in total. The molecule has 0 aromatic heterocycles. The zero-order valence-electron chi connectivity index (χ0n) is 25.7. The van der Waals surface area contributed by atoms with Crippen molar-refractivity contribution in [3.63, 3.8) is 0 Å². The van der Waals surface area contributed by atoms with Gasteiger partial charge in [0.15, 0.2) is 0 Å². The summed E-state index contributed by atoms with van der Waals surface area (Å²) in [6.07, 6.45) is 1.85. The molecule has 1 aromatic rings. The summed E-state index contributed by atoms with van der Waals surface area (Å²) in [7, 11) is 0. The molecule has 250 valence electrons. The predicted molar refractivity (Wildman–Crippen MR) is 164 cm³/mol. The van der Waals surface area contributed by atoms with E-state index in [2.05, 4.69) is 16.0 Å². The van der Waals surface area contributed by atoms with Gasteiger partial charge in [-0.1, -0.05) is 13.3 Å². The summed E-state index contributed by atoms with van der Waals surface area (Å²) in [6.45, 7) is 3.58. The van der Waals surface area contributed by atoms with Crippen LogP contribution in [0.1, 0.15) is 30.1 Å². The topological polar surface area (TPSA) is 212 Å². The fourth-order valence-corrected chi connectivity index (χ4v) is 4.61. The van der Waals surface area contributed by atoms with Crippen molar-refractivity contribution >= 4 is 41.3 Å². The molecule has 16 nitrogen and oxygen atoms in total. The van der Waals surface area contributed by atoms with Gasteiger partial charge in [0.1, 0.15) is 0 Å². The molecule has 0 saturated carbocycles. The first-order valence-corrected chi connectivity index (χ1v) is 14.9. The van der Waals surface area contributed by atoms with Crippen LogP contribution in [0.3, 0.4) is 0 Å². The summed E-state index contributed by atoms with van der Waals surface area (Å²) in [4.78, 5) is 78.3. The van der Waals surface area contributed by atoms with E-state index in [9.17, 15) is 44.1 Å². The van der Waals surface area contributed by atoms with Gasteiger partial charge in [0.2, 0.25) is 11.8 Å². The Labute approximate surface area is 262 Å². The summed E-state index contributed by atoms with van der Waals surface area (Å²) in [5.74, 6) is -4.24. The molecule has 0 aliphatic carbocycles.